The van der Waals surface area contributed by atoms with Crippen LogP contribution in [-0.4, -0.2) is 58.7 Å². The lowest BCUT2D eigenvalue weighted by atomic mass is 9.46. The molecule has 220 valence electrons. The fraction of sp³-hybridized carbons (Fsp3) is 0.733. The Bertz CT molecular complexity index is 1140. The molecule has 0 heterocycles. The maximum Gasteiger partial charge on any atom is 0.325 e. The molecule has 0 aromatic heterocycles. The van der Waals surface area contributed by atoms with Gasteiger partial charge in [-0.15, -0.1) is 0 Å². The average molecular weight is 560 g/mol. The lowest BCUT2D eigenvalue weighted by molar-refractivity contribution is -0.191. The quantitative estimate of drug-likeness (QED) is 0.405. The van der Waals surface area contributed by atoms with Crippen LogP contribution in [0, 0.1) is 28.6 Å². The first-order chi connectivity index (χ1) is 18.7. The van der Waals surface area contributed by atoms with Crippen LogP contribution in [0.25, 0.3) is 0 Å². The predicted octanol–water partition coefficient (Wildman–Crippen LogP) is 3.30. The van der Waals surface area contributed by atoms with Gasteiger partial charge in [0.2, 0.25) is 11.7 Å². The number of carboxylic acid groups (broad SMARTS) is 1. The van der Waals surface area contributed by atoms with Crippen LogP contribution in [-0.2, 0) is 38.2 Å². The van der Waals surface area contributed by atoms with Gasteiger partial charge in [0.15, 0.2) is 18.0 Å². The summed E-state index contributed by atoms with van der Waals surface area (Å²) < 4.78 is 11.1. The van der Waals surface area contributed by atoms with E-state index in [9.17, 15) is 28.8 Å². The summed E-state index contributed by atoms with van der Waals surface area (Å²) in [6.45, 7) is 6.36. The molecule has 0 saturated heterocycles. The van der Waals surface area contributed by atoms with Crippen LogP contribution in [0.15, 0.2) is 11.6 Å². The predicted molar refractivity (Wildman–Crippen MR) is 142 cm³/mol. The largest absolute Gasteiger partial charge is 0.480 e. The van der Waals surface area contributed by atoms with Crippen molar-refractivity contribution < 1.29 is 43.3 Å². The van der Waals surface area contributed by atoms with Gasteiger partial charge in [-0.1, -0.05) is 19.4 Å². The first kappa shape index (κ1) is 29.9. The summed E-state index contributed by atoms with van der Waals surface area (Å²) in [5, 5.41) is 11.2. The van der Waals surface area contributed by atoms with E-state index in [1.54, 1.807) is 0 Å². The van der Waals surface area contributed by atoms with Gasteiger partial charge in [-0.25, -0.2) is 0 Å². The van der Waals surface area contributed by atoms with Gasteiger partial charge in [-0.3, -0.25) is 28.8 Å². The maximum absolute atomic E-state index is 13.8. The summed E-state index contributed by atoms with van der Waals surface area (Å²) in [5.74, 6) is -2.48. The van der Waals surface area contributed by atoms with E-state index >= 15 is 0 Å². The van der Waals surface area contributed by atoms with Crippen LogP contribution in [0.1, 0.15) is 91.9 Å². The summed E-state index contributed by atoms with van der Waals surface area (Å²) in [6.07, 6.45) is 7.11. The molecular weight excluding hydrogens is 518 g/mol. The molecule has 3 fully saturated rings. The Labute approximate surface area is 234 Å². The van der Waals surface area contributed by atoms with E-state index < -0.39 is 53.3 Å². The number of aliphatic carboxylic acids is 1. The smallest absolute Gasteiger partial charge is 0.325 e. The van der Waals surface area contributed by atoms with Gasteiger partial charge in [-0.2, -0.15) is 0 Å². The highest BCUT2D eigenvalue weighted by Gasteiger charge is 2.68. The lowest BCUT2D eigenvalue weighted by Gasteiger charge is -2.59. The standard InChI is InChI=1S/C30H41NO9/c1-17(27(37)38)31-25(35)7-8-26(36)39-16-24(34)30(40-18(2)32)14-11-23-21-6-5-19-15-20(33)9-12-28(19,3)22(21)10-13-29(23,30)4/h15,17,21-23H,5-14,16H2,1-4H3,(H,31,35)(H,37,38)/t17-,21+,22+,23-,28+,29+,30+/m1/s1. The van der Waals surface area contributed by atoms with E-state index in [-0.39, 0.29) is 30.0 Å². The summed E-state index contributed by atoms with van der Waals surface area (Å²) in [4.78, 5) is 73.3. The molecule has 4 aliphatic rings. The Morgan fingerprint density at radius 2 is 1.73 bits per heavy atom. The molecule has 0 spiro atoms. The molecule has 1 amide bonds. The highest BCUT2D eigenvalue weighted by Crippen LogP contribution is 2.68. The first-order valence-corrected chi connectivity index (χ1v) is 14.4. The molecule has 7 atom stereocenters. The number of hydrogen-bond acceptors (Lipinski definition) is 8. The normalized spacial score (nSPS) is 35.2. The Morgan fingerprint density at radius 3 is 2.40 bits per heavy atom. The number of nitrogens with one attached hydrogen (secondary N) is 1. The zero-order valence-corrected chi connectivity index (χ0v) is 23.9. The minimum Gasteiger partial charge on any atom is -0.480 e. The van der Waals surface area contributed by atoms with Gasteiger partial charge in [0.1, 0.15) is 6.04 Å². The number of allylic oxidation sites excluding steroid dienone is 1. The number of rotatable bonds is 9. The average Bonchev–Trinajstić information content (AvgIpc) is 3.18. The third-order valence-electron chi connectivity index (χ3n) is 10.5. The van der Waals surface area contributed by atoms with Crippen LogP contribution in [0.2, 0.25) is 0 Å². The van der Waals surface area contributed by atoms with E-state index in [4.69, 9.17) is 14.6 Å². The molecular formula is C30H41NO9. The number of Topliss-reactive ketones (excluding diaryl/α,β-unsaturated/α-hetero) is 1. The van der Waals surface area contributed by atoms with Gasteiger partial charge in [-0.05, 0) is 81.1 Å². The SMILES string of the molecule is CC(=O)O[C@]1(C(=O)COC(=O)CCC(=O)N[C@H](C)C(=O)O)CC[C@@H]2[C@H]3CCC4=CC(=O)CC[C@]4(C)[C@H]3CC[C@@]21C. The second kappa shape index (κ2) is 11.1. The molecule has 10 nitrogen and oxygen atoms in total. The van der Waals surface area contributed by atoms with Crippen LogP contribution < -0.4 is 5.32 Å². The van der Waals surface area contributed by atoms with Gasteiger partial charge < -0.3 is 19.9 Å². The number of amides is 1. The summed E-state index contributed by atoms with van der Waals surface area (Å²) in [7, 11) is 0. The molecule has 0 bridgehead atoms. The van der Waals surface area contributed by atoms with E-state index in [1.165, 1.54) is 19.4 Å². The molecule has 4 rings (SSSR count). The first-order valence-electron chi connectivity index (χ1n) is 14.4. The van der Waals surface area contributed by atoms with Crippen LogP contribution >= 0.6 is 0 Å². The molecule has 2 N–H and O–H groups in total. The topological polar surface area (TPSA) is 153 Å². The number of ether oxygens (including phenoxy) is 2. The second-order valence-electron chi connectivity index (χ2n) is 12.6. The van der Waals surface area contributed by atoms with Crippen molar-refractivity contribution in [1.82, 2.24) is 5.32 Å². The Hall–Kier alpha value is -3.04. The number of esters is 2. The molecule has 3 saturated carbocycles. The highest BCUT2D eigenvalue weighted by molar-refractivity contribution is 5.94. The molecule has 40 heavy (non-hydrogen) atoms. The molecule has 0 radical (unpaired) electrons. The number of fused-ring (bicyclic) bond motifs is 5. The Morgan fingerprint density at radius 1 is 1.02 bits per heavy atom. The number of carbonyl (C=O) groups is 6. The second-order valence-corrected chi connectivity index (χ2v) is 12.6. The molecule has 0 unspecified atom stereocenters. The fourth-order valence-electron chi connectivity index (χ4n) is 8.41. The Kier molecular flexibility index (Phi) is 8.30. The third-order valence-corrected chi connectivity index (χ3v) is 10.5. The monoisotopic (exact) mass is 559 g/mol. The highest BCUT2D eigenvalue weighted by atomic mass is 16.6. The maximum atomic E-state index is 13.8. The van der Waals surface area contributed by atoms with E-state index in [0.717, 1.165) is 32.1 Å². The lowest BCUT2D eigenvalue weighted by Crippen LogP contribution is -2.59. The van der Waals surface area contributed by atoms with Gasteiger partial charge in [0, 0.05) is 25.2 Å². The summed E-state index contributed by atoms with van der Waals surface area (Å²) in [5.41, 5.74) is -0.785. The van der Waals surface area contributed by atoms with Crippen molar-refractivity contribution in [3.05, 3.63) is 11.6 Å². The van der Waals surface area contributed by atoms with Crippen molar-refractivity contribution in [3.63, 3.8) is 0 Å². The minimum atomic E-state index is -1.40. The van der Waals surface area contributed by atoms with Crippen molar-refractivity contribution in [2.75, 3.05) is 6.61 Å². The minimum absolute atomic E-state index is 0.0288. The summed E-state index contributed by atoms with van der Waals surface area (Å²) >= 11 is 0. The Balaban J connectivity index is 1.46. The molecule has 4 aliphatic carbocycles. The van der Waals surface area contributed by atoms with E-state index in [2.05, 4.69) is 12.2 Å². The van der Waals surface area contributed by atoms with Crippen molar-refractivity contribution in [3.8, 4) is 0 Å². The van der Waals surface area contributed by atoms with Gasteiger partial charge in [0.05, 0.1) is 6.42 Å². The summed E-state index contributed by atoms with van der Waals surface area (Å²) in [6, 6.07) is -1.09. The zero-order chi connectivity index (χ0) is 29.5. The third kappa shape index (κ3) is 5.21. The van der Waals surface area contributed by atoms with E-state index in [1.807, 2.05) is 13.0 Å². The van der Waals surface area contributed by atoms with Crippen LogP contribution in [0.5, 0.6) is 0 Å². The zero-order valence-electron chi connectivity index (χ0n) is 23.9. The molecule has 10 heteroatoms. The number of carbonyl (C=O) groups excluding carboxylic acids is 5. The van der Waals surface area contributed by atoms with E-state index in [0.29, 0.717) is 31.1 Å². The number of carboxylic acids is 1. The van der Waals surface area contributed by atoms with Crippen molar-refractivity contribution >= 4 is 35.4 Å². The van der Waals surface area contributed by atoms with Crippen LogP contribution in [0.4, 0.5) is 0 Å². The van der Waals surface area contributed by atoms with Crippen molar-refractivity contribution in [2.24, 2.45) is 28.6 Å². The molecule has 0 aromatic rings. The van der Waals surface area contributed by atoms with Crippen molar-refractivity contribution in [1.29, 1.82) is 0 Å². The van der Waals surface area contributed by atoms with Gasteiger partial charge in [0.25, 0.3) is 0 Å². The fourth-order valence-corrected chi connectivity index (χ4v) is 8.41. The van der Waals surface area contributed by atoms with Crippen LogP contribution in [0.3, 0.4) is 0 Å². The molecule has 0 aromatic carbocycles. The number of ketones is 2. The number of hydrogen-bond donors (Lipinski definition) is 2. The molecule has 0 aliphatic heterocycles. The van der Waals surface area contributed by atoms with Gasteiger partial charge >= 0.3 is 17.9 Å². The van der Waals surface area contributed by atoms with Crippen molar-refractivity contribution in [2.45, 2.75) is 104 Å².